The number of nitrogens with one attached hydrogen (secondary N) is 2. The molecule has 0 radical (unpaired) electrons. The number of benzene rings is 2. The number of methoxy groups -OCH3 is 1. The lowest BCUT2D eigenvalue weighted by molar-refractivity contribution is -0.134. The molecule has 4 amide bonds. The first-order valence-corrected chi connectivity index (χ1v) is 10.6. The normalized spacial score (nSPS) is 17.8. The number of urea groups is 1. The van der Waals surface area contributed by atoms with Gasteiger partial charge >= 0.3 is 6.03 Å². The van der Waals surface area contributed by atoms with Crippen LogP contribution in [-0.4, -0.2) is 49.6 Å². The number of carbonyl (C=O) groups is 3. The molecule has 0 spiro atoms. The van der Waals surface area contributed by atoms with E-state index < -0.39 is 23.4 Å². The molecule has 1 unspecified atom stereocenters. The molecule has 170 valence electrons. The van der Waals surface area contributed by atoms with Crippen molar-refractivity contribution in [3.05, 3.63) is 59.1 Å². The second-order valence-corrected chi connectivity index (χ2v) is 7.97. The first kappa shape index (κ1) is 23.4. The van der Waals surface area contributed by atoms with Gasteiger partial charge in [-0.2, -0.15) is 0 Å². The van der Waals surface area contributed by atoms with E-state index in [2.05, 4.69) is 10.6 Å². The quantitative estimate of drug-likeness (QED) is 0.420. The summed E-state index contributed by atoms with van der Waals surface area (Å²) in [5.74, 6) is 0.506. The van der Waals surface area contributed by atoms with Gasteiger partial charge in [0.25, 0.3) is 5.91 Å². The van der Waals surface area contributed by atoms with Crippen LogP contribution in [0.4, 0.5) is 4.79 Å². The van der Waals surface area contributed by atoms with Crippen LogP contribution in [0.3, 0.4) is 0 Å². The summed E-state index contributed by atoms with van der Waals surface area (Å²) in [5.41, 5.74) is -0.622. The van der Waals surface area contributed by atoms with Gasteiger partial charge in [-0.05, 0) is 61.7 Å². The Morgan fingerprint density at radius 2 is 1.72 bits per heavy atom. The van der Waals surface area contributed by atoms with Crippen LogP contribution in [0, 0.1) is 0 Å². The van der Waals surface area contributed by atoms with Crippen LogP contribution < -0.4 is 20.1 Å². The van der Waals surface area contributed by atoms with Crippen molar-refractivity contribution in [3.63, 3.8) is 0 Å². The smallest absolute Gasteiger partial charge is 0.325 e. The Balaban J connectivity index is 1.42. The highest BCUT2D eigenvalue weighted by atomic mass is 35.5. The molecule has 9 heteroatoms. The van der Waals surface area contributed by atoms with Gasteiger partial charge in [0.2, 0.25) is 5.91 Å². The van der Waals surface area contributed by atoms with Crippen LogP contribution in [0.15, 0.2) is 48.5 Å². The van der Waals surface area contributed by atoms with Crippen molar-refractivity contribution in [1.82, 2.24) is 15.5 Å². The molecule has 3 rings (SSSR count). The third-order valence-electron chi connectivity index (χ3n) is 5.22. The standard InChI is InChI=1S/C23H26ClN3O5/c1-23(16-5-9-18(31-2)10-6-16)21(29)27(22(30)26-23)15-20(28)25-13-3-4-14-32-19-11-7-17(24)8-12-19/h5-12H,3-4,13-15H2,1-2H3,(H,25,28)(H,26,30). The second-order valence-electron chi connectivity index (χ2n) is 7.53. The number of unbranched alkanes of at least 4 members (excludes halogenated alkanes) is 1. The van der Waals surface area contributed by atoms with Crippen molar-refractivity contribution in [2.75, 3.05) is 26.8 Å². The van der Waals surface area contributed by atoms with Crippen LogP contribution in [0.5, 0.6) is 11.5 Å². The molecule has 0 aliphatic carbocycles. The Hall–Kier alpha value is -3.26. The average molecular weight is 460 g/mol. The lowest BCUT2D eigenvalue weighted by Crippen LogP contribution is -2.43. The fraction of sp³-hybridized carbons (Fsp3) is 0.348. The summed E-state index contributed by atoms with van der Waals surface area (Å²) in [5, 5.41) is 6.07. The van der Waals surface area contributed by atoms with Crippen LogP contribution >= 0.6 is 11.6 Å². The highest BCUT2D eigenvalue weighted by molar-refractivity contribution is 6.30. The predicted molar refractivity (Wildman–Crippen MR) is 120 cm³/mol. The van der Waals surface area contributed by atoms with Crippen LogP contribution in [0.2, 0.25) is 5.02 Å². The molecular formula is C23H26ClN3O5. The molecule has 0 aromatic heterocycles. The van der Waals surface area contributed by atoms with Gasteiger partial charge in [-0.25, -0.2) is 4.79 Å². The van der Waals surface area contributed by atoms with E-state index in [9.17, 15) is 14.4 Å². The van der Waals surface area contributed by atoms with Gasteiger partial charge in [0.05, 0.1) is 13.7 Å². The zero-order valence-electron chi connectivity index (χ0n) is 18.0. The summed E-state index contributed by atoms with van der Waals surface area (Å²) in [7, 11) is 1.55. The van der Waals surface area contributed by atoms with Gasteiger partial charge in [-0.3, -0.25) is 14.5 Å². The fourth-order valence-corrected chi connectivity index (χ4v) is 3.46. The molecule has 1 aliphatic rings. The Bertz CT molecular complexity index is 965. The second kappa shape index (κ2) is 10.4. The zero-order valence-corrected chi connectivity index (χ0v) is 18.8. The largest absolute Gasteiger partial charge is 0.497 e. The predicted octanol–water partition coefficient (Wildman–Crippen LogP) is 3.09. The van der Waals surface area contributed by atoms with Gasteiger partial charge in [-0.15, -0.1) is 0 Å². The van der Waals surface area contributed by atoms with Crippen LogP contribution in [0.1, 0.15) is 25.3 Å². The molecule has 2 aromatic carbocycles. The van der Waals surface area contributed by atoms with Gasteiger partial charge in [0.15, 0.2) is 0 Å². The van der Waals surface area contributed by atoms with E-state index in [1.807, 2.05) is 0 Å². The van der Waals surface area contributed by atoms with Crippen molar-refractivity contribution in [1.29, 1.82) is 0 Å². The maximum Gasteiger partial charge on any atom is 0.325 e. The Labute approximate surface area is 191 Å². The van der Waals surface area contributed by atoms with E-state index in [1.54, 1.807) is 62.6 Å². The summed E-state index contributed by atoms with van der Waals surface area (Å²) in [6.07, 6.45) is 1.44. The summed E-state index contributed by atoms with van der Waals surface area (Å²) < 4.78 is 10.7. The molecule has 32 heavy (non-hydrogen) atoms. The monoisotopic (exact) mass is 459 g/mol. The minimum absolute atomic E-state index is 0.336. The van der Waals surface area contributed by atoms with Crippen molar-refractivity contribution in [2.24, 2.45) is 0 Å². The van der Waals surface area contributed by atoms with Crippen molar-refractivity contribution >= 4 is 29.4 Å². The van der Waals surface area contributed by atoms with Gasteiger partial charge in [0.1, 0.15) is 23.6 Å². The molecule has 8 nitrogen and oxygen atoms in total. The van der Waals surface area contributed by atoms with Crippen LogP contribution in [-0.2, 0) is 15.1 Å². The van der Waals surface area contributed by atoms with Crippen molar-refractivity contribution in [3.8, 4) is 11.5 Å². The third-order valence-corrected chi connectivity index (χ3v) is 5.47. The molecule has 1 atom stereocenters. The van der Waals surface area contributed by atoms with Gasteiger partial charge in [-0.1, -0.05) is 23.7 Å². The van der Waals surface area contributed by atoms with E-state index in [-0.39, 0.29) is 6.54 Å². The summed E-state index contributed by atoms with van der Waals surface area (Å²) in [6, 6.07) is 13.4. The molecule has 1 fully saturated rings. The van der Waals surface area contributed by atoms with E-state index in [0.717, 1.165) is 17.1 Å². The van der Waals surface area contributed by atoms with E-state index in [4.69, 9.17) is 21.1 Å². The van der Waals surface area contributed by atoms with Crippen molar-refractivity contribution < 1.29 is 23.9 Å². The average Bonchev–Trinajstić information content (AvgIpc) is 3.01. The van der Waals surface area contributed by atoms with E-state index in [0.29, 0.717) is 35.9 Å². The number of rotatable bonds is 10. The maximum absolute atomic E-state index is 12.9. The van der Waals surface area contributed by atoms with Gasteiger partial charge in [0, 0.05) is 11.6 Å². The first-order valence-electron chi connectivity index (χ1n) is 10.3. The SMILES string of the molecule is COc1ccc(C2(C)NC(=O)N(CC(=O)NCCCCOc3ccc(Cl)cc3)C2=O)cc1. The number of hydrogen-bond acceptors (Lipinski definition) is 5. The molecule has 0 bridgehead atoms. The molecule has 1 saturated heterocycles. The number of ether oxygens (including phenoxy) is 2. The molecule has 0 saturated carbocycles. The minimum atomic E-state index is -1.23. The summed E-state index contributed by atoms with van der Waals surface area (Å²) in [4.78, 5) is 38.5. The number of imide groups is 1. The topological polar surface area (TPSA) is 97.0 Å². The number of amides is 4. The number of nitrogens with zero attached hydrogens (tertiary/aromatic N) is 1. The highest BCUT2D eigenvalue weighted by Crippen LogP contribution is 2.29. The minimum Gasteiger partial charge on any atom is -0.497 e. The van der Waals surface area contributed by atoms with Gasteiger partial charge < -0.3 is 20.1 Å². The number of hydrogen-bond donors (Lipinski definition) is 2. The summed E-state index contributed by atoms with van der Waals surface area (Å²) in [6.45, 7) is 2.21. The highest BCUT2D eigenvalue weighted by Gasteiger charge is 2.49. The van der Waals surface area contributed by atoms with E-state index >= 15 is 0 Å². The number of halogens is 1. The lowest BCUT2D eigenvalue weighted by Gasteiger charge is -2.22. The molecule has 2 aromatic rings. The fourth-order valence-electron chi connectivity index (χ4n) is 3.34. The molecular weight excluding hydrogens is 434 g/mol. The van der Waals surface area contributed by atoms with Crippen LogP contribution in [0.25, 0.3) is 0 Å². The Kier molecular flexibility index (Phi) is 7.58. The van der Waals surface area contributed by atoms with Crippen molar-refractivity contribution in [2.45, 2.75) is 25.3 Å². The zero-order chi connectivity index (χ0) is 23.1. The molecule has 1 heterocycles. The molecule has 1 aliphatic heterocycles. The number of carbonyl (C=O) groups excluding carboxylic acids is 3. The summed E-state index contributed by atoms with van der Waals surface area (Å²) >= 11 is 5.83. The first-order chi connectivity index (χ1) is 15.3. The lowest BCUT2D eigenvalue weighted by atomic mass is 9.92. The molecule has 2 N–H and O–H groups in total. The van der Waals surface area contributed by atoms with E-state index in [1.165, 1.54) is 0 Å². The maximum atomic E-state index is 12.9. The Morgan fingerprint density at radius 1 is 1.06 bits per heavy atom. The third kappa shape index (κ3) is 5.50. The Morgan fingerprint density at radius 3 is 2.38 bits per heavy atom.